The molecule has 0 spiro atoms. The van der Waals surface area contributed by atoms with Crippen LogP contribution in [-0.4, -0.2) is 73.9 Å². The summed E-state index contributed by atoms with van der Waals surface area (Å²) in [4.78, 5) is 30.2. The summed E-state index contributed by atoms with van der Waals surface area (Å²) in [5, 5.41) is 4.46. The zero-order valence-electron chi connectivity index (χ0n) is 27.4. The molecule has 2 aromatic rings. The number of alkyl halides is 3. The van der Waals surface area contributed by atoms with Crippen molar-refractivity contribution in [1.29, 1.82) is 0 Å². The van der Waals surface area contributed by atoms with Crippen molar-refractivity contribution >= 4 is 32.7 Å². The number of amides is 2. The zero-order valence-corrected chi connectivity index (χ0v) is 28.3. The Morgan fingerprint density at radius 3 is 2.57 bits per heavy atom. The number of halogens is 3. The summed E-state index contributed by atoms with van der Waals surface area (Å²) in [6.07, 6.45) is 5.75. The third kappa shape index (κ3) is 5.80. The molecule has 2 bridgehead atoms. The lowest BCUT2D eigenvalue weighted by molar-refractivity contribution is -0.142. The molecule has 1 aromatic carbocycles. The molecule has 3 aliphatic carbocycles. The van der Waals surface area contributed by atoms with Crippen LogP contribution < -0.4 is 14.8 Å². The van der Waals surface area contributed by atoms with E-state index in [0.717, 1.165) is 67.2 Å². The van der Waals surface area contributed by atoms with Crippen molar-refractivity contribution in [2.45, 2.75) is 94.4 Å². The first kappa shape index (κ1) is 32.6. The lowest BCUT2D eigenvalue weighted by Gasteiger charge is -2.48. The number of nitrogens with one attached hydrogen (secondary N) is 2. The van der Waals surface area contributed by atoms with E-state index in [0.29, 0.717) is 35.8 Å². The van der Waals surface area contributed by atoms with Crippen LogP contribution in [0.25, 0.3) is 10.9 Å². The van der Waals surface area contributed by atoms with Crippen molar-refractivity contribution in [3.8, 4) is 5.75 Å². The number of nitrogens with zero attached hydrogens (tertiary/aromatic N) is 2. The molecule has 3 saturated heterocycles. The standard InChI is InChI=1S/C36H41F3N4O5S/c1-48-29-13-12-23(20-6-3-2-4-7-20)33-26(29)16-28-30-24(8-5-9-25(30)35(45)42-18-21-10-11-22(42)17-40-21)31-27(19-43(28)33)32(31)34(44)41-49(46,47)15-14-36(37,38)39/h5,8,12-13,16,20-22,25,30,40H,2-4,6-7,9-11,14-15,17-19H2,1H3,(H,41,44)/t21?,22?,25-,30?/m1/s1. The number of aromatic nitrogens is 1. The fourth-order valence-electron chi connectivity index (χ4n) is 9.19. The van der Waals surface area contributed by atoms with Crippen LogP contribution in [0.2, 0.25) is 0 Å². The van der Waals surface area contributed by atoms with Crippen molar-refractivity contribution in [3.63, 3.8) is 0 Å². The molecule has 262 valence electrons. The van der Waals surface area contributed by atoms with Gasteiger partial charge in [0.05, 0.1) is 36.3 Å². The second kappa shape index (κ2) is 12.0. The first-order valence-corrected chi connectivity index (χ1v) is 19.1. The molecule has 4 aliphatic heterocycles. The van der Waals surface area contributed by atoms with E-state index in [-0.39, 0.29) is 30.1 Å². The molecule has 3 unspecified atom stereocenters. The topological polar surface area (TPSA) is 110 Å². The highest BCUT2D eigenvalue weighted by Gasteiger charge is 2.49. The number of piperazine rings is 1. The maximum absolute atomic E-state index is 14.6. The molecule has 13 heteroatoms. The SMILES string of the molecule is COc1ccc(C2CCCCC2)c2c1cc1n2CC2=C(C(=O)NS(=O)(=O)CCC(F)(F)F)C2=C2C=CC[C@@H](C(=O)N3CC4CCC3CN4)C21. The fourth-order valence-corrected chi connectivity index (χ4v) is 10.2. The average Bonchev–Trinajstić information content (AvgIpc) is 3.73. The lowest BCUT2D eigenvalue weighted by atomic mass is 9.75. The first-order chi connectivity index (χ1) is 23.4. The molecule has 9 nitrogen and oxygen atoms in total. The molecular formula is C36H41F3N4O5S. The second-order valence-electron chi connectivity index (χ2n) is 14.5. The monoisotopic (exact) mass is 698 g/mol. The second-order valence-corrected chi connectivity index (χ2v) is 16.3. The Balaban J connectivity index is 1.25. The van der Waals surface area contributed by atoms with Gasteiger partial charge in [0.15, 0.2) is 0 Å². The Kier molecular flexibility index (Phi) is 8.01. The van der Waals surface area contributed by atoms with Gasteiger partial charge in [-0.25, -0.2) is 13.1 Å². The van der Waals surface area contributed by atoms with Crippen LogP contribution in [0.3, 0.4) is 0 Å². The maximum Gasteiger partial charge on any atom is 0.390 e. The van der Waals surface area contributed by atoms with Gasteiger partial charge in [-0.15, -0.1) is 0 Å². The van der Waals surface area contributed by atoms with Crippen LogP contribution in [0.4, 0.5) is 13.2 Å². The van der Waals surface area contributed by atoms with Gasteiger partial charge in [0.2, 0.25) is 15.9 Å². The Hall–Kier alpha value is -3.58. The van der Waals surface area contributed by atoms with Gasteiger partial charge < -0.3 is 19.5 Å². The third-order valence-corrected chi connectivity index (χ3v) is 12.8. The number of ether oxygens (including phenoxy) is 1. The van der Waals surface area contributed by atoms with E-state index in [4.69, 9.17) is 4.74 Å². The number of methoxy groups -OCH3 is 1. The zero-order chi connectivity index (χ0) is 34.2. The number of hydrogen-bond acceptors (Lipinski definition) is 6. The maximum atomic E-state index is 14.6. The molecular weight excluding hydrogens is 657 g/mol. The van der Waals surface area contributed by atoms with Gasteiger partial charge in [-0.2, -0.15) is 13.2 Å². The lowest BCUT2D eigenvalue weighted by Crippen LogP contribution is -2.63. The van der Waals surface area contributed by atoms with Gasteiger partial charge in [-0.3, -0.25) is 9.59 Å². The molecule has 0 radical (unpaired) electrons. The molecule has 49 heavy (non-hydrogen) atoms. The van der Waals surface area contributed by atoms with Crippen LogP contribution in [0.15, 0.2) is 52.6 Å². The van der Waals surface area contributed by atoms with Crippen molar-refractivity contribution < 1.29 is 35.9 Å². The van der Waals surface area contributed by atoms with Crippen molar-refractivity contribution in [1.82, 2.24) is 19.5 Å². The number of carbonyl (C=O) groups excluding carboxylic acids is 2. The number of allylic oxidation sites excluding steroid dienone is 4. The number of rotatable bonds is 7. The van der Waals surface area contributed by atoms with Gasteiger partial charge in [-0.05, 0) is 72.4 Å². The Morgan fingerprint density at radius 2 is 1.90 bits per heavy atom. The van der Waals surface area contributed by atoms with E-state index in [1.54, 1.807) is 7.11 Å². The number of carbonyl (C=O) groups is 2. The minimum absolute atomic E-state index is 0.0738. The van der Waals surface area contributed by atoms with E-state index >= 15 is 0 Å². The van der Waals surface area contributed by atoms with E-state index in [2.05, 4.69) is 22.0 Å². The minimum Gasteiger partial charge on any atom is -0.496 e. The highest BCUT2D eigenvalue weighted by Crippen LogP contribution is 2.55. The summed E-state index contributed by atoms with van der Waals surface area (Å²) in [6.45, 7) is 1.69. The smallest absolute Gasteiger partial charge is 0.390 e. The number of benzene rings is 1. The summed E-state index contributed by atoms with van der Waals surface area (Å²) in [5.74, 6) is -1.89. The van der Waals surface area contributed by atoms with Gasteiger partial charge in [-0.1, -0.05) is 37.5 Å². The fraction of sp³-hybridized carbons (Fsp3) is 0.556. The Bertz CT molecular complexity index is 1930. The number of hydrogen-bond donors (Lipinski definition) is 2. The van der Waals surface area contributed by atoms with Crippen molar-refractivity contribution in [2.75, 3.05) is 26.0 Å². The van der Waals surface area contributed by atoms with Gasteiger partial charge in [0, 0.05) is 48.7 Å². The molecule has 4 atom stereocenters. The Morgan fingerprint density at radius 1 is 1.10 bits per heavy atom. The van der Waals surface area contributed by atoms with Crippen LogP contribution in [0, 0.1) is 5.92 Å². The predicted octanol–water partition coefficient (Wildman–Crippen LogP) is 5.34. The highest BCUT2D eigenvalue weighted by molar-refractivity contribution is 7.90. The van der Waals surface area contributed by atoms with Gasteiger partial charge in [0.1, 0.15) is 5.75 Å². The summed E-state index contributed by atoms with van der Waals surface area (Å²) in [6, 6.07) is 6.66. The van der Waals surface area contributed by atoms with E-state index in [1.165, 1.54) is 12.0 Å². The molecule has 2 amide bonds. The van der Waals surface area contributed by atoms with Crippen LogP contribution in [0.1, 0.15) is 80.9 Å². The Labute approximate surface area is 283 Å². The number of piperidine rings is 2. The molecule has 1 aromatic heterocycles. The summed E-state index contributed by atoms with van der Waals surface area (Å²) in [5.41, 5.74) is 5.38. The van der Waals surface area contributed by atoms with Crippen LogP contribution in [-0.2, 0) is 26.2 Å². The molecule has 7 aliphatic rings. The van der Waals surface area contributed by atoms with E-state index in [9.17, 15) is 31.2 Å². The van der Waals surface area contributed by atoms with Crippen molar-refractivity contribution in [3.05, 3.63) is 63.9 Å². The number of sulfonamides is 1. The summed E-state index contributed by atoms with van der Waals surface area (Å²) in [7, 11) is -2.90. The van der Waals surface area contributed by atoms with Gasteiger partial charge in [0.25, 0.3) is 5.91 Å². The molecule has 2 N–H and O–H groups in total. The number of fused-ring (bicyclic) bond motifs is 9. The first-order valence-electron chi connectivity index (χ1n) is 17.4. The molecule has 4 fully saturated rings. The normalized spacial score (nSPS) is 26.7. The minimum atomic E-state index is -4.68. The third-order valence-electron chi connectivity index (χ3n) is 11.6. The van der Waals surface area contributed by atoms with Crippen LogP contribution in [0.5, 0.6) is 5.75 Å². The quantitative estimate of drug-likeness (QED) is 0.405. The van der Waals surface area contributed by atoms with E-state index < -0.39 is 46.1 Å². The van der Waals surface area contributed by atoms with Gasteiger partial charge >= 0.3 is 6.18 Å². The molecule has 5 heterocycles. The largest absolute Gasteiger partial charge is 0.496 e. The highest BCUT2D eigenvalue weighted by atomic mass is 32.2. The average molecular weight is 699 g/mol. The van der Waals surface area contributed by atoms with Crippen molar-refractivity contribution in [2.24, 2.45) is 5.92 Å². The summed E-state index contributed by atoms with van der Waals surface area (Å²) >= 11 is 0. The van der Waals surface area contributed by atoms with Crippen LogP contribution >= 0.6 is 0 Å². The molecule has 9 rings (SSSR count). The predicted molar refractivity (Wildman–Crippen MR) is 177 cm³/mol. The van der Waals surface area contributed by atoms with E-state index in [1.807, 2.05) is 27.8 Å². The molecule has 1 saturated carbocycles. The summed E-state index contributed by atoms with van der Waals surface area (Å²) < 4.78 is 73.8.